The first-order valence-corrected chi connectivity index (χ1v) is 14.6. The number of aliphatic hydroxyl groups excluding tert-OH is 1. The summed E-state index contributed by atoms with van der Waals surface area (Å²) < 4.78 is 0. The van der Waals surface area contributed by atoms with Crippen molar-refractivity contribution in [3.63, 3.8) is 0 Å². The number of fused-ring (bicyclic) bond motifs is 3. The number of carbonyl (C=O) groups is 3. The summed E-state index contributed by atoms with van der Waals surface area (Å²) in [6, 6.07) is 11.1. The molecular weight excluding hydrogens is 528 g/mol. The summed E-state index contributed by atoms with van der Waals surface area (Å²) in [7, 11) is 0. The molecule has 3 aliphatic carbocycles. The van der Waals surface area contributed by atoms with Crippen LogP contribution in [-0.4, -0.2) is 38.3 Å². The van der Waals surface area contributed by atoms with Crippen molar-refractivity contribution in [1.82, 2.24) is 0 Å². The number of benzene rings is 2. The van der Waals surface area contributed by atoms with E-state index in [1.54, 1.807) is 19.9 Å². The molecule has 218 valence electrons. The van der Waals surface area contributed by atoms with Crippen LogP contribution in [0.3, 0.4) is 0 Å². The highest BCUT2D eigenvalue weighted by molar-refractivity contribution is 6.33. The third kappa shape index (κ3) is 3.94. The van der Waals surface area contributed by atoms with Crippen molar-refractivity contribution in [3.8, 4) is 17.6 Å². The normalized spacial score (nSPS) is 28.6. The Kier molecular flexibility index (Phi) is 6.90. The van der Waals surface area contributed by atoms with Crippen LogP contribution in [0.2, 0.25) is 0 Å². The van der Waals surface area contributed by atoms with Crippen molar-refractivity contribution in [3.05, 3.63) is 80.9 Å². The van der Waals surface area contributed by atoms with Gasteiger partial charge in [-0.15, -0.1) is 0 Å². The summed E-state index contributed by atoms with van der Waals surface area (Å²) >= 11 is 0. The lowest BCUT2D eigenvalue weighted by Crippen LogP contribution is -2.70. The molecule has 0 radical (unpaired) electrons. The van der Waals surface area contributed by atoms with Gasteiger partial charge in [0.2, 0.25) is 11.6 Å². The number of phenols is 1. The fraction of sp³-hybridized carbons (Fsp3) is 0.417. The highest BCUT2D eigenvalue weighted by Gasteiger charge is 2.72. The molecule has 2 aromatic rings. The van der Waals surface area contributed by atoms with Crippen LogP contribution < -0.4 is 0 Å². The van der Waals surface area contributed by atoms with Crippen LogP contribution in [-0.2, 0) is 27.2 Å². The van der Waals surface area contributed by atoms with Gasteiger partial charge >= 0.3 is 0 Å². The first kappa shape index (κ1) is 29.5. The van der Waals surface area contributed by atoms with Crippen LogP contribution in [0.1, 0.15) is 82.7 Å². The molecule has 0 bridgehead atoms. The predicted octanol–water partition coefficient (Wildman–Crippen LogP) is 5.66. The maximum absolute atomic E-state index is 14.4. The molecule has 4 atom stereocenters. The number of rotatable bonds is 3. The van der Waals surface area contributed by atoms with Gasteiger partial charge in [-0.25, -0.2) is 0 Å². The quantitative estimate of drug-likeness (QED) is 0.251. The van der Waals surface area contributed by atoms with Crippen molar-refractivity contribution < 1.29 is 29.7 Å². The highest BCUT2D eigenvalue weighted by atomic mass is 16.3. The van der Waals surface area contributed by atoms with Crippen LogP contribution >= 0.6 is 0 Å². The Balaban J connectivity index is 1.74. The largest absolute Gasteiger partial charge is 0.507 e. The molecule has 2 aromatic carbocycles. The summed E-state index contributed by atoms with van der Waals surface area (Å²) in [6.45, 7) is 12.6. The monoisotopic (exact) mass is 566 g/mol. The summed E-state index contributed by atoms with van der Waals surface area (Å²) in [5.74, 6) is 2.87. The number of phenolic OH excluding ortho intramolecular Hbond substituents is 1. The summed E-state index contributed by atoms with van der Waals surface area (Å²) in [6.07, 6.45) is 1.33. The van der Waals surface area contributed by atoms with Crippen molar-refractivity contribution in [2.45, 2.75) is 73.3 Å². The molecule has 1 saturated carbocycles. The van der Waals surface area contributed by atoms with E-state index in [4.69, 9.17) is 0 Å². The molecular formula is C36H38O6. The average Bonchev–Trinajstić information content (AvgIpc) is 2.90. The molecule has 6 heteroatoms. The van der Waals surface area contributed by atoms with Crippen molar-refractivity contribution in [2.24, 2.45) is 22.7 Å². The number of carbonyl (C=O) groups excluding carboxylic acids is 3. The van der Waals surface area contributed by atoms with Gasteiger partial charge < -0.3 is 15.3 Å². The molecule has 3 aliphatic rings. The number of aryl methyl sites for hydroxylation is 1. The summed E-state index contributed by atoms with van der Waals surface area (Å²) in [5.41, 5.74) is -1.12. The smallest absolute Gasteiger partial charge is 0.206 e. The van der Waals surface area contributed by atoms with E-state index >= 15 is 0 Å². The first-order valence-electron chi connectivity index (χ1n) is 14.6. The van der Waals surface area contributed by atoms with Crippen molar-refractivity contribution in [1.29, 1.82) is 0 Å². The lowest BCUT2D eigenvalue weighted by atomic mass is 9.42. The lowest BCUT2D eigenvalue weighted by molar-refractivity contribution is -0.180. The Labute approximate surface area is 247 Å². The minimum atomic E-state index is -2.54. The minimum Gasteiger partial charge on any atom is -0.507 e. The molecule has 3 N–H and O–H groups in total. The highest BCUT2D eigenvalue weighted by Crippen LogP contribution is 2.65. The Bertz CT molecular complexity index is 1690. The molecule has 42 heavy (non-hydrogen) atoms. The van der Waals surface area contributed by atoms with E-state index in [-0.39, 0.29) is 41.2 Å². The van der Waals surface area contributed by atoms with Gasteiger partial charge in [0, 0.05) is 27.5 Å². The molecule has 0 aliphatic heterocycles. The zero-order chi connectivity index (χ0) is 30.9. The topological polar surface area (TPSA) is 112 Å². The van der Waals surface area contributed by atoms with Crippen LogP contribution in [0.25, 0.3) is 5.76 Å². The van der Waals surface area contributed by atoms with Gasteiger partial charge in [0.25, 0.3) is 0 Å². The molecule has 0 spiro atoms. The Morgan fingerprint density at radius 1 is 1.07 bits per heavy atom. The molecule has 0 amide bonds. The van der Waals surface area contributed by atoms with E-state index in [1.807, 2.05) is 45.0 Å². The van der Waals surface area contributed by atoms with Gasteiger partial charge in [0.05, 0.1) is 11.1 Å². The molecule has 0 saturated heterocycles. The van der Waals surface area contributed by atoms with E-state index < -0.39 is 45.5 Å². The fourth-order valence-corrected chi connectivity index (χ4v) is 8.37. The Morgan fingerprint density at radius 3 is 2.38 bits per heavy atom. The van der Waals surface area contributed by atoms with E-state index in [0.29, 0.717) is 16.7 Å². The van der Waals surface area contributed by atoms with E-state index in [1.165, 1.54) is 13.0 Å². The number of allylic oxidation sites excluding steroid dienone is 1. The average molecular weight is 567 g/mol. The second-order valence-electron chi connectivity index (χ2n) is 13.0. The number of aliphatic hydroxyl groups is 2. The van der Waals surface area contributed by atoms with Crippen LogP contribution in [0.4, 0.5) is 0 Å². The molecule has 6 nitrogen and oxygen atoms in total. The summed E-state index contributed by atoms with van der Waals surface area (Å²) in [5, 5.41) is 34.8. The Hall–Kier alpha value is -3.95. The maximum Gasteiger partial charge on any atom is 0.206 e. The second kappa shape index (κ2) is 9.81. The second-order valence-corrected chi connectivity index (χ2v) is 13.0. The standard InChI is InChI=1S/C36H38O6/c1-8-22-10-9-11-23(16-22)12-13-24-14-15-26(38)28-25(24)17-34(6)18-35(7)29(19(2)3)20(4)27(21(5)37)32(40)36(35,42)33(41)30(34)31(28)39/h9-11,14-16,19,29,38-39,42H,8,17-18H2,1-7H3/t29-,34+,35+,36-/m1/s1. The van der Waals surface area contributed by atoms with Gasteiger partial charge in [0.15, 0.2) is 11.4 Å². The van der Waals surface area contributed by atoms with E-state index in [0.717, 1.165) is 17.5 Å². The SMILES string of the molecule is CCc1cccc(C#Cc2ccc(O)c3c2C[C@@]2(C)C[C@@]4(C)[C@H](C(C)C)C(C)=C(C(C)=O)C(=O)[C@@]4(O)C(=O)C2=C3O)c1. The van der Waals surface area contributed by atoms with Crippen LogP contribution in [0.5, 0.6) is 5.75 Å². The van der Waals surface area contributed by atoms with Gasteiger partial charge in [-0.1, -0.05) is 64.2 Å². The fourth-order valence-electron chi connectivity index (χ4n) is 8.37. The zero-order valence-corrected chi connectivity index (χ0v) is 25.3. The number of hydrogen-bond acceptors (Lipinski definition) is 6. The predicted molar refractivity (Wildman–Crippen MR) is 161 cm³/mol. The van der Waals surface area contributed by atoms with Gasteiger partial charge in [0.1, 0.15) is 11.5 Å². The number of Topliss-reactive ketones (excluding diaryl/α,β-unsaturated/α-hetero) is 3. The molecule has 1 fully saturated rings. The van der Waals surface area contributed by atoms with Gasteiger partial charge in [-0.3, -0.25) is 14.4 Å². The van der Waals surface area contributed by atoms with Crippen molar-refractivity contribution >= 4 is 23.1 Å². The van der Waals surface area contributed by atoms with E-state index in [9.17, 15) is 29.7 Å². The molecule has 0 aromatic heterocycles. The third-order valence-corrected chi connectivity index (χ3v) is 9.87. The molecule has 5 rings (SSSR count). The minimum absolute atomic E-state index is 0.0827. The lowest BCUT2D eigenvalue weighted by Gasteiger charge is -2.60. The molecule has 0 unspecified atom stereocenters. The zero-order valence-electron chi connectivity index (χ0n) is 25.3. The van der Waals surface area contributed by atoms with Gasteiger partial charge in [-0.05, 0) is 80.3 Å². The number of hydrogen-bond donors (Lipinski definition) is 3. The Morgan fingerprint density at radius 2 is 1.76 bits per heavy atom. The van der Waals surface area contributed by atoms with E-state index in [2.05, 4.69) is 18.8 Å². The van der Waals surface area contributed by atoms with Crippen LogP contribution in [0, 0.1) is 34.5 Å². The number of ketones is 3. The maximum atomic E-state index is 14.4. The van der Waals surface area contributed by atoms with Gasteiger partial charge in [-0.2, -0.15) is 0 Å². The first-order chi connectivity index (χ1) is 19.6. The number of aromatic hydroxyl groups is 1. The van der Waals surface area contributed by atoms with Crippen molar-refractivity contribution in [2.75, 3.05) is 0 Å². The molecule has 0 heterocycles. The third-order valence-electron chi connectivity index (χ3n) is 9.87. The summed E-state index contributed by atoms with van der Waals surface area (Å²) in [4.78, 5) is 41.0. The van der Waals surface area contributed by atoms with Crippen LogP contribution in [0.15, 0.2) is 53.1 Å².